The van der Waals surface area contributed by atoms with Crippen LogP contribution in [-0.4, -0.2) is 36.5 Å². The van der Waals surface area contributed by atoms with E-state index in [1.54, 1.807) is 18.3 Å². The van der Waals surface area contributed by atoms with Gasteiger partial charge in [0, 0.05) is 55.5 Å². The zero-order chi connectivity index (χ0) is 21.1. The van der Waals surface area contributed by atoms with E-state index in [4.69, 9.17) is 12.2 Å². The second kappa shape index (κ2) is 8.55. The van der Waals surface area contributed by atoms with E-state index in [0.29, 0.717) is 16.7 Å². The molecule has 30 heavy (non-hydrogen) atoms. The van der Waals surface area contributed by atoms with E-state index in [1.807, 2.05) is 32.4 Å². The van der Waals surface area contributed by atoms with Gasteiger partial charge in [0.15, 0.2) is 0 Å². The second-order valence-corrected chi connectivity index (χ2v) is 7.86. The highest BCUT2D eigenvalue weighted by molar-refractivity contribution is 7.71. The predicted octanol–water partition coefficient (Wildman–Crippen LogP) is 4.85. The molecule has 2 heterocycles. The monoisotopic (exact) mass is 416 g/mol. The molecule has 0 aliphatic heterocycles. The van der Waals surface area contributed by atoms with Crippen molar-refractivity contribution in [3.8, 4) is 0 Å². The van der Waals surface area contributed by atoms with E-state index in [2.05, 4.69) is 56.6 Å². The predicted molar refractivity (Wildman–Crippen MR) is 125 cm³/mol. The van der Waals surface area contributed by atoms with E-state index in [0.717, 1.165) is 27.7 Å². The Hall–Kier alpha value is -3.38. The van der Waals surface area contributed by atoms with E-state index >= 15 is 0 Å². The number of aromatic amines is 2. The standard InChI is InChI=1S/C24H24N4OS/c1-28(2)17-11-9-16(10-12-17)20(21-15-26-22-8-4-3-6-18(21)22)14-27-23(29)19-7-5-13-25-24(19)30/h3-13,15,20,26H,14H2,1-2H3,(H,25,30)(H,27,29). The zero-order valence-electron chi connectivity index (χ0n) is 17.0. The topological polar surface area (TPSA) is 63.9 Å². The van der Waals surface area contributed by atoms with Crippen LogP contribution in [0.4, 0.5) is 5.69 Å². The largest absolute Gasteiger partial charge is 0.378 e. The van der Waals surface area contributed by atoms with Gasteiger partial charge in [-0.05, 0) is 41.5 Å². The molecule has 2 aromatic carbocycles. The van der Waals surface area contributed by atoms with Crippen LogP contribution in [0, 0.1) is 4.64 Å². The molecule has 1 unspecified atom stereocenters. The minimum Gasteiger partial charge on any atom is -0.378 e. The summed E-state index contributed by atoms with van der Waals surface area (Å²) < 4.78 is 0.439. The number of nitrogens with zero attached hydrogens (tertiary/aromatic N) is 1. The molecule has 1 atom stereocenters. The first-order valence-corrected chi connectivity index (χ1v) is 10.2. The lowest BCUT2D eigenvalue weighted by atomic mass is 9.90. The van der Waals surface area contributed by atoms with Gasteiger partial charge in [0.2, 0.25) is 0 Å². The number of anilines is 1. The fourth-order valence-corrected chi connectivity index (χ4v) is 3.91. The number of amides is 1. The lowest BCUT2D eigenvalue weighted by molar-refractivity contribution is 0.0951. The van der Waals surface area contributed by atoms with Crippen molar-refractivity contribution in [2.24, 2.45) is 0 Å². The Morgan fingerprint density at radius 1 is 1.03 bits per heavy atom. The van der Waals surface area contributed by atoms with Gasteiger partial charge >= 0.3 is 0 Å². The highest BCUT2D eigenvalue weighted by Crippen LogP contribution is 2.31. The summed E-state index contributed by atoms with van der Waals surface area (Å²) in [4.78, 5) is 21.1. The summed E-state index contributed by atoms with van der Waals surface area (Å²) in [6.07, 6.45) is 3.76. The molecular formula is C24H24N4OS. The summed E-state index contributed by atoms with van der Waals surface area (Å²) >= 11 is 5.26. The molecule has 0 radical (unpaired) electrons. The molecule has 6 heteroatoms. The second-order valence-electron chi connectivity index (χ2n) is 7.45. The first-order valence-electron chi connectivity index (χ1n) is 9.84. The van der Waals surface area contributed by atoms with Crippen molar-refractivity contribution >= 4 is 34.7 Å². The maximum absolute atomic E-state index is 12.8. The molecule has 4 aromatic rings. The molecule has 0 spiro atoms. The third-order valence-corrected chi connectivity index (χ3v) is 5.68. The SMILES string of the molecule is CN(C)c1ccc(C(CNC(=O)c2ccc[nH]c2=S)c2c[nH]c3ccccc23)cc1. The van der Waals surface area contributed by atoms with E-state index < -0.39 is 0 Å². The van der Waals surface area contributed by atoms with Crippen LogP contribution < -0.4 is 10.2 Å². The minimum absolute atomic E-state index is 0.00238. The number of hydrogen-bond acceptors (Lipinski definition) is 3. The van der Waals surface area contributed by atoms with E-state index in [9.17, 15) is 4.79 Å². The van der Waals surface area contributed by atoms with Crippen LogP contribution in [0.15, 0.2) is 73.1 Å². The average Bonchev–Trinajstić information content (AvgIpc) is 3.18. The molecule has 5 nitrogen and oxygen atoms in total. The van der Waals surface area contributed by atoms with Gasteiger partial charge in [0.05, 0.1) is 5.56 Å². The fraction of sp³-hybridized carbons (Fsp3) is 0.167. The first kappa shape index (κ1) is 19.9. The quantitative estimate of drug-likeness (QED) is 0.394. The molecule has 1 amide bonds. The first-order chi connectivity index (χ1) is 14.5. The van der Waals surface area contributed by atoms with Crippen molar-refractivity contribution in [2.75, 3.05) is 25.5 Å². The van der Waals surface area contributed by atoms with Crippen LogP contribution in [0.25, 0.3) is 10.9 Å². The fourth-order valence-electron chi connectivity index (χ4n) is 3.68. The van der Waals surface area contributed by atoms with Crippen LogP contribution in [0.1, 0.15) is 27.4 Å². The van der Waals surface area contributed by atoms with Gasteiger partial charge in [0.25, 0.3) is 5.91 Å². The smallest absolute Gasteiger partial charge is 0.254 e. The molecule has 4 rings (SSSR count). The molecule has 0 bridgehead atoms. The number of rotatable bonds is 6. The normalized spacial score (nSPS) is 11.9. The van der Waals surface area contributed by atoms with Crippen LogP contribution >= 0.6 is 12.2 Å². The molecule has 0 aliphatic rings. The highest BCUT2D eigenvalue weighted by Gasteiger charge is 2.20. The molecular weight excluding hydrogens is 392 g/mol. The number of carbonyl (C=O) groups is 1. The summed E-state index contributed by atoms with van der Waals surface area (Å²) in [5, 5.41) is 4.24. The van der Waals surface area contributed by atoms with Crippen LogP contribution in [0.3, 0.4) is 0 Å². The Morgan fingerprint density at radius 2 is 1.80 bits per heavy atom. The third kappa shape index (κ3) is 4.00. The lowest BCUT2D eigenvalue weighted by Crippen LogP contribution is -2.29. The van der Waals surface area contributed by atoms with Gasteiger partial charge in [-0.1, -0.05) is 42.5 Å². The number of aromatic nitrogens is 2. The Morgan fingerprint density at radius 3 is 2.53 bits per heavy atom. The van der Waals surface area contributed by atoms with Crippen LogP contribution in [-0.2, 0) is 0 Å². The van der Waals surface area contributed by atoms with E-state index in [1.165, 1.54) is 0 Å². The minimum atomic E-state index is -0.174. The molecule has 0 saturated heterocycles. The lowest BCUT2D eigenvalue weighted by Gasteiger charge is -2.20. The Labute approximate surface area is 180 Å². The van der Waals surface area contributed by atoms with Crippen LogP contribution in [0.2, 0.25) is 0 Å². The molecule has 0 aliphatic carbocycles. The highest BCUT2D eigenvalue weighted by atomic mass is 32.1. The van der Waals surface area contributed by atoms with Crippen molar-refractivity contribution in [1.82, 2.24) is 15.3 Å². The maximum Gasteiger partial charge on any atom is 0.254 e. The summed E-state index contributed by atoms with van der Waals surface area (Å²) in [6.45, 7) is 0.464. The molecule has 2 aromatic heterocycles. The number of nitrogens with one attached hydrogen (secondary N) is 3. The maximum atomic E-state index is 12.8. The van der Waals surface area contributed by atoms with Crippen molar-refractivity contribution < 1.29 is 4.79 Å². The number of pyridine rings is 1. The number of para-hydroxylation sites is 1. The number of fused-ring (bicyclic) bond motifs is 1. The van der Waals surface area contributed by atoms with Crippen LogP contribution in [0.5, 0.6) is 0 Å². The number of hydrogen-bond donors (Lipinski definition) is 3. The summed E-state index contributed by atoms with van der Waals surface area (Å²) in [6, 6.07) is 20.2. The molecule has 0 saturated carbocycles. The number of benzene rings is 2. The van der Waals surface area contributed by atoms with Gasteiger partial charge in [0.1, 0.15) is 4.64 Å². The van der Waals surface area contributed by atoms with E-state index in [-0.39, 0.29) is 11.8 Å². The van der Waals surface area contributed by atoms with Gasteiger partial charge in [-0.2, -0.15) is 0 Å². The Bertz CT molecular complexity index is 1220. The van der Waals surface area contributed by atoms with Gasteiger partial charge in [-0.25, -0.2) is 0 Å². The van der Waals surface area contributed by atoms with Crippen molar-refractivity contribution in [1.29, 1.82) is 0 Å². The van der Waals surface area contributed by atoms with Gasteiger partial charge < -0.3 is 20.2 Å². The number of carbonyl (C=O) groups excluding carboxylic acids is 1. The summed E-state index contributed by atoms with van der Waals surface area (Å²) in [5.74, 6) is -0.172. The molecule has 152 valence electrons. The van der Waals surface area contributed by atoms with Crippen molar-refractivity contribution in [3.05, 3.63) is 94.4 Å². The third-order valence-electron chi connectivity index (χ3n) is 5.34. The average molecular weight is 417 g/mol. The zero-order valence-corrected chi connectivity index (χ0v) is 17.8. The van der Waals surface area contributed by atoms with Gasteiger partial charge in [-0.15, -0.1) is 0 Å². The summed E-state index contributed by atoms with van der Waals surface area (Å²) in [7, 11) is 4.05. The Balaban J connectivity index is 1.68. The molecule has 3 N–H and O–H groups in total. The van der Waals surface area contributed by atoms with Crippen molar-refractivity contribution in [3.63, 3.8) is 0 Å². The Kier molecular flexibility index (Phi) is 5.68. The number of H-pyrrole nitrogens is 2. The molecule has 0 fully saturated rings. The van der Waals surface area contributed by atoms with Crippen molar-refractivity contribution in [2.45, 2.75) is 5.92 Å². The van der Waals surface area contributed by atoms with Gasteiger partial charge in [-0.3, -0.25) is 4.79 Å². The summed E-state index contributed by atoms with van der Waals surface area (Å²) in [5.41, 5.74) is 4.99.